The Bertz CT molecular complexity index is 475. The number of anilines is 1. The molecule has 1 aliphatic rings. The van der Waals surface area contributed by atoms with Crippen LogP contribution < -0.4 is 15.4 Å². The van der Waals surface area contributed by atoms with Crippen LogP contribution in [0.2, 0.25) is 0 Å². The van der Waals surface area contributed by atoms with Crippen molar-refractivity contribution in [1.29, 1.82) is 0 Å². The molecule has 1 aliphatic heterocycles. The van der Waals surface area contributed by atoms with Gasteiger partial charge < -0.3 is 20.1 Å². The van der Waals surface area contributed by atoms with Crippen LogP contribution in [-0.4, -0.2) is 37.7 Å². The van der Waals surface area contributed by atoms with Gasteiger partial charge in [0.05, 0.1) is 18.8 Å². The zero-order chi connectivity index (χ0) is 13.7. The maximum Gasteiger partial charge on any atom is 0.325 e. The summed E-state index contributed by atoms with van der Waals surface area (Å²) in [6.07, 6.45) is -0.649. The Kier molecular flexibility index (Phi) is 4.22. The lowest BCUT2D eigenvalue weighted by molar-refractivity contribution is -0.144. The molecule has 1 heterocycles. The Balaban J connectivity index is 1.87. The molecule has 6 heteroatoms. The van der Waals surface area contributed by atoms with Gasteiger partial charge in [-0.1, -0.05) is 12.1 Å². The van der Waals surface area contributed by atoms with E-state index in [1.165, 1.54) is 0 Å². The average molecular weight is 264 g/mol. The summed E-state index contributed by atoms with van der Waals surface area (Å²) in [6, 6.07) is 7.38. The van der Waals surface area contributed by atoms with Crippen molar-refractivity contribution in [3.8, 4) is 5.75 Å². The van der Waals surface area contributed by atoms with Crippen molar-refractivity contribution >= 4 is 17.6 Å². The van der Waals surface area contributed by atoms with Gasteiger partial charge >= 0.3 is 5.97 Å². The summed E-state index contributed by atoms with van der Waals surface area (Å²) >= 11 is 0. The van der Waals surface area contributed by atoms with E-state index in [4.69, 9.17) is 9.47 Å². The van der Waals surface area contributed by atoms with Crippen molar-refractivity contribution in [1.82, 2.24) is 5.32 Å². The van der Waals surface area contributed by atoms with E-state index < -0.39 is 12.1 Å². The van der Waals surface area contributed by atoms with Crippen molar-refractivity contribution in [2.45, 2.75) is 13.0 Å². The molecular formula is C13H16N2O4. The maximum absolute atomic E-state index is 11.8. The number of hydrogen-bond donors (Lipinski definition) is 2. The smallest absolute Gasteiger partial charge is 0.325 e. The summed E-state index contributed by atoms with van der Waals surface area (Å²) in [5, 5.41) is 5.59. The van der Waals surface area contributed by atoms with E-state index >= 15 is 0 Å². The van der Waals surface area contributed by atoms with E-state index in [2.05, 4.69) is 10.6 Å². The number of amides is 1. The summed E-state index contributed by atoms with van der Waals surface area (Å²) in [7, 11) is 0. The van der Waals surface area contributed by atoms with Gasteiger partial charge in [0, 0.05) is 0 Å². The monoisotopic (exact) mass is 264 g/mol. The number of hydrogen-bond acceptors (Lipinski definition) is 5. The summed E-state index contributed by atoms with van der Waals surface area (Å²) in [4.78, 5) is 23.0. The van der Waals surface area contributed by atoms with E-state index in [9.17, 15) is 9.59 Å². The summed E-state index contributed by atoms with van der Waals surface area (Å²) in [5.74, 6) is -0.167. The third kappa shape index (κ3) is 3.37. The van der Waals surface area contributed by atoms with Gasteiger partial charge in [0.25, 0.3) is 5.91 Å². The van der Waals surface area contributed by atoms with Crippen LogP contribution in [-0.2, 0) is 14.3 Å². The Morgan fingerprint density at radius 2 is 2.26 bits per heavy atom. The molecule has 0 aromatic heterocycles. The average Bonchev–Trinajstić information content (AvgIpc) is 2.44. The predicted octanol–water partition coefficient (Wildman–Crippen LogP) is 0.539. The third-order valence-corrected chi connectivity index (χ3v) is 2.64. The van der Waals surface area contributed by atoms with Crippen molar-refractivity contribution in [3.05, 3.63) is 24.3 Å². The molecule has 1 amide bonds. The molecular weight excluding hydrogens is 248 g/mol. The summed E-state index contributed by atoms with van der Waals surface area (Å²) in [6.45, 7) is 2.23. The van der Waals surface area contributed by atoms with E-state index in [0.717, 1.165) is 5.69 Å². The van der Waals surface area contributed by atoms with E-state index in [0.29, 0.717) is 18.9 Å². The molecule has 2 rings (SSSR count). The molecule has 102 valence electrons. The molecule has 0 saturated carbocycles. The van der Waals surface area contributed by atoms with Crippen molar-refractivity contribution < 1.29 is 19.1 Å². The topological polar surface area (TPSA) is 76.7 Å². The first-order chi connectivity index (χ1) is 9.20. The first-order valence-electron chi connectivity index (χ1n) is 6.13. The number of rotatable bonds is 4. The largest absolute Gasteiger partial charge is 0.477 e. The third-order valence-electron chi connectivity index (χ3n) is 2.64. The molecule has 1 aromatic carbocycles. The fourth-order valence-electron chi connectivity index (χ4n) is 1.74. The highest BCUT2D eigenvalue weighted by Gasteiger charge is 2.25. The lowest BCUT2D eigenvalue weighted by atomic mass is 10.2. The number of carbonyl (C=O) groups excluding carboxylic acids is 2. The van der Waals surface area contributed by atoms with Gasteiger partial charge in [-0.05, 0) is 19.1 Å². The molecule has 0 spiro atoms. The minimum Gasteiger partial charge on any atom is -0.477 e. The highest BCUT2D eigenvalue weighted by atomic mass is 16.5. The van der Waals surface area contributed by atoms with E-state index in [-0.39, 0.29) is 12.5 Å². The summed E-state index contributed by atoms with van der Waals surface area (Å²) < 4.78 is 10.3. The van der Waals surface area contributed by atoms with Gasteiger partial charge in [-0.3, -0.25) is 9.59 Å². The Hall–Kier alpha value is -2.24. The number of fused-ring (bicyclic) bond motifs is 1. The van der Waals surface area contributed by atoms with Crippen LogP contribution in [0.25, 0.3) is 0 Å². The molecule has 19 heavy (non-hydrogen) atoms. The van der Waals surface area contributed by atoms with Crippen molar-refractivity contribution in [2.75, 3.05) is 25.0 Å². The minimum absolute atomic E-state index is 0.145. The molecule has 0 fully saturated rings. The van der Waals surface area contributed by atoms with Gasteiger partial charge in [-0.2, -0.15) is 0 Å². The number of ether oxygens (including phenoxy) is 2. The van der Waals surface area contributed by atoms with Crippen LogP contribution in [0.3, 0.4) is 0 Å². The van der Waals surface area contributed by atoms with E-state index in [1.807, 2.05) is 18.2 Å². The first kappa shape index (κ1) is 13.2. The van der Waals surface area contributed by atoms with Crippen LogP contribution in [0.1, 0.15) is 6.92 Å². The summed E-state index contributed by atoms with van der Waals surface area (Å²) in [5.41, 5.74) is 0.858. The zero-order valence-corrected chi connectivity index (χ0v) is 10.6. The van der Waals surface area contributed by atoms with Gasteiger partial charge in [0.1, 0.15) is 12.3 Å². The first-order valence-corrected chi connectivity index (χ1v) is 6.13. The molecule has 0 bridgehead atoms. The molecule has 0 aliphatic carbocycles. The second-order valence-electron chi connectivity index (χ2n) is 4.01. The zero-order valence-electron chi connectivity index (χ0n) is 10.6. The van der Waals surface area contributed by atoms with Crippen LogP contribution in [0.15, 0.2) is 24.3 Å². The lowest BCUT2D eigenvalue weighted by Crippen LogP contribution is -2.46. The van der Waals surface area contributed by atoms with Crippen molar-refractivity contribution in [3.63, 3.8) is 0 Å². The Labute approximate surface area is 111 Å². The van der Waals surface area contributed by atoms with Crippen LogP contribution >= 0.6 is 0 Å². The molecule has 1 aromatic rings. The highest BCUT2D eigenvalue weighted by Crippen LogP contribution is 2.27. The standard InChI is InChI=1S/C13H16N2O4/c1-2-18-12(16)8-15-13(17)11-7-14-9-5-3-4-6-10(9)19-11/h3-6,11,14H,2,7-8H2,1H3,(H,15,17). The quantitative estimate of drug-likeness (QED) is 0.776. The molecule has 1 atom stereocenters. The fourth-order valence-corrected chi connectivity index (χ4v) is 1.74. The fraction of sp³-hybridized carbons (Fsp3) is 0.385. The van der Waals surface area contributed by atoms with Crippen LogP contribution in [0.4, 0.5) is 5.69 Å². The number of esters is 1. The Morgan fingerprint density at radius 1 is 1.47 bits per heavy atom. The maximum atomic E-state index is 11.8. The molecule has 2 N–H and O–H groups in total. The molecule has 6 nitrogen and oxygen atoms in total. The molecule has 0 radical (unpaired) electrons. The SMILES string of the molecule is CCOC(=O)CNC(=O)C1CNc2ccccc2O1. The second-order valence-corrected chi connectivity index (χ2v) is 4.01. The number of carbonyl (C=O) groups is 2. The van der Waals surface area contributed by atoms with Gasteiger partial charge in [0.15, 0.2) is 6.10 Å². The van der Waals surface area contributed by atoms with Gasteiger partial charge in [-0.15, -0.1) is 0 Å². The molecule has 0 saturated heterocycles. The van der Waals surface area contributed by atoms with Crippen molar-refractivity contribution in [2.24, 2.45) is 0 Å². The van der Waals surface area contributed by atoms with Crippen LogP contribution in [0, 0.1) is 0 Å². The van der Waals surface area contributed by atoms with Gasteiger partial charge in [-0.25, -0.2) is 0 Å². The lowest BCUT2D eigenvalue weighted by Gasteiger charge is -2.26. The minimum atomic E-state index is -0.649. The number of benzene rings is 1. The predicted molar refractivity (Wildman–Crippen MR) is 69.0 cm³/mol. The molecule has 1 unspecified atom stereocenters. The number of nitrogens with one attached hydrogen (secondary N) is 2. The number of para-hydroxylation sites is 2. The normalized spacial score (nSPS) is 16.6. The second kappa shape index (κ2) is 6.08. The van der Waals surface area contributed by atoms with E-state index in [1.54, 1.807) is 13.0 Å². The Morgan fingerprint density at radius 3 is 3.05 bits per heavy atom. The van der Waals surface area contributed by atoms with Crippen LogP contribution in [0.5, 0.6) is 5.75 Å². The van der Waals surface area contributed by atoms with Gasteiger partial charge in [0.2, 0.25) is 0 Å². The highest BCUT2D eigenvalue weighted by molar-refractivity contribution is 5.86.